The Labute approximate surface area is 168 Å². The van der Waals surface area contributed by atoms with Gasteiger partial charge in [-0.3, -0.25) is 9.48 Å². The van der Waals surface area contributed by atoms with Gasteiger partial charge in [0.15, 0.2) is 5.76 Å². The van der Waals surface area contributed by atoms with E-state index in [0.717, 1.165) is 19.4 Å². The molecule has 1 aliphatic rings. The fourth-order valence-corrected chi connectivity index (χ4v) is 3.74. The zero-order chi connectivity index (χ0) is 19.6. The fraction of sp³-hybridized carbons (Fsp3) is 0.444. The third-order valence-electron chi connectivity index (χ3n) is 4.74. The maximum atomic E-state index is 11.5. The molecule has 3 rings (SSSR count). The van der Waals surface area contributed by atoms with Crippen LogP contribution in [0.1, 0.15) is 25.0 Å². The van der Waals surface area contributed by atoms with E-state index in [2.05, 4.69) is 27.6 Å². The standard InChI is InChI=1S/C18H23Cl2N5O2/c1-10(24-12-5-4-11(22-8-12)6-16(26)21-2)15-7-13(18(20)27-15)17-14(19)9-23-25(17)3/h7,9,11-12,22,24H,1,4-6,8H2,2-3H3,(H,21,26). The smallest absolute Gasteiger partial charge is 0.221 e. The van der Waals surface area contributed by atoms with Crippen molar-refractivity contribution in [3.05, 3.63) is 34.8 Å². The number of rotatable bonds is 6. The normalized spacial score (nSPS) is 19.7. The van der Waals surface area contributed by atoms with E-state index in [1.165, 1.54) is 0 Å². The molecule has 0 aliphatic carbocycles. The molecule has 2 aromatic heterocycles. The van der Waals surface area contributed by atoms with Crippen LogP contribution in [0.2, 0.25) is 10.2 Å². The molecule has 27 heavy (non-hydrogen) atoms. The molecule has 3 N–H and O–H groups in total. The molecule has 1 saturated heterocycles. The number of furan rings is 1. The van der Waals surface area contributed by atoms with Crippen LogP contribution in [0.5, 0.6) is 0 Å². The topological polar surface area (TPSA) is 84.1 Å². The predicted octanol–water partition coefficient (Wildman–Crippen LogP) is 2.80. The number of carbonyl (C=O) groups is 1. The Morgan fingerprint density at radius 2 is 2.26 bits per heavy atom. The van der Waals surface area contributed by atoms with Gasteiger partial charge in [-0.25, -0.2) is 0 Å². The van der Waals surface area contributed by atoms with Gasteiger partial charge in [0.25, 0.3) is 0 Å². The van der Waals surface area contributed by atoms with E-state index in [-0.39, 0.29) is 23.2 Å². The zero-order valence-electron chi connectivity index (χ0n) is 15.3. The Morgan fingerprint density at radius 1 is 1.48 bits per heavy atom. The molecule has 0 radical (unpaired) electrons. The van der Waals surface area contributed by atoms with Gasteiger partial charge < -0.3 is 20.4 Å². The molecule has 0 saturated carbocycles. The number of hydrogen-bond donors (Lipinski definition) is 3. The van der Waals surface area contributed by atoms with Crippen molar-refractivity contribution in [2.24, 2.45) is 7.05 Å². The minimum atomic E-state index is 0.0508. The first-order valence-corrected chi connectivity index (χ1v) is 9.51. The van der Waals surface area contributed by atoms with Crippen molar-refractivity contribution in [3.8, 4) is 11.3 Å². The third kappa shape index (κ3) is 4.48. The number of carbonyl (C=O) groups excluding carboxylic acids is 1. The minimum absolute atomic E-state index is 0.0508. The van der Waals surface area contributed by atoms with Crippen LogP contribution in [0, 0.1) is 0 Å². The molecule has 1 amide bonds. The molecule has 2 aromatic rings. The zero-order valence-corrected chi connectivity index (χ0v) is 16.8. The summed E-state index contributed by atoms with van der Waals surface area (Å²) < 4.78 is 7.32. The Hall–Kier alpha value is -1.96. The molecule has 7 nitrogen and oxygen atoms in total. The summed E-state index contributed by atoms with van der Waals surface area (Å²) in [5, 5.41) is 14.3. The second-order valence-corrected chi connectivity index (χ2v) is 7.39. The maximum absolute atomic E-state index is 11.5. The van der Waals surface area contributed by atoms with Crippen LogP contribution in [-0.4, -0.2) is 41.4 Å². The van der Waals surface area contributed by atoms with Gasteiger partial charge in [-0.2, -0.15) is 5.10 Å². The van der Waals surface area contributed by atoms with E-state index in [4.69, 9.17) is 27.6 Å². The number of amides is 1. The number of piperidine rings is 1. The quantitative estimate of drug-likeness (QED) is 0.680. The molecule has 9 heteroatoms. The summed E-state index contributed by atoms with van der Waals surface area (Å²) in [6.45, 7) is 4.82. The first-order chi connectivity index (χ1) is 12.9. The van der Waals surface area contributed by atoms with Crippen molar-refractivity contribution < 1.29 is 9.21 Å². The average Bonchev–Trinajstić information content (AvgIpc) is 3.18. The van der Waals surface area contributed by atoms with Crippen LogP contribution in [-0.2, 0) is 11.8 Å². The number of nitrogens with one attached hydrogen (secondary N) is 3. The molecule has 0 spiro atoms. The molecule has 1 aliphatic heterocycles. The summed E-state index contributed by atoms with van der Waals surface area (Å²) >= 11 is 12.5. The average molecular weight is 412 g/mol. The van der Waals surface area contributed by atoms with Gasteiger partial charge in [0.05, 0.1) is 28.2 Å². The van der Waals surface area contributed by atoms with Crippen molar-refractivity contribution >= 4 is 34.8 Å². The minimum Gasteiger partial charge on any atom is -0.442 e. The maximum Gasteiger partial charge on any atom is 0.221 e. The van der Waals surface area contributed by atoms with Crippen molar-refractivity contribution in [2.45, 2.75) is 31.3 Å². The number of halogens is 2. The lowest BCUT2D eigenvalue weighted by molar-refractivity contribution is -0.121. The fourth-order valence-electron chi connectivity index (χ4n) is 3.25. The van der Waals surface area contributed by atoms with Gasteiger partial charge in [0.1, 0.15) is 0 Å². The van der Waals surface area contributed by atoms with Crippen molar-refractivity contribution in [1.29, 1.82) is 0 Å². The third-order valence-corrected chi connectivity index (χ3v) is 5.30. The van der Waals surface area contributed by atoms with Crippen LogP contribution in [0.3, 0.4) is 0 Å². The van der Waals surface area contributed by atoms with Gasteiger partial charge in [-0.05, 0) is 30.5 Å². The molecule has 2 atom stereocenters. The highest BCUT2D eigenvalue weighted by atomic mass is 35.5. The van der Waals surface area contributed by atoms with Gasteiger partial charge >= 0.3 is 0 Å². The molecule has 1 fully saturated rings. The number of nitrogens with zero attached hydrogens (tertiary/aromatic N) is 2. The van der Waals surface area contributed by atoms with Gasteiger partial charge in [-0.1, -0.05) is 18.2 Å². The predicted molar refractivity (Wildman–Crippen MR) is 107 cm³/mol. The van der Waals surface area contributed by atoms with Crippen molar-refractivity contribution in [2.75, 3.05) is 13.6 Å². The SMILES string of the molecule is C=C(NC1CCC(CC(=O)NC)NC1)c1cc(-c2c(Cl)cnn2C)c(Cl)o1. The second-order valence-electron chi connectivity index (χ2n) is 6.64. The Balaban J connectivity index is 1.61. The van der Waals surface area contributed by atoms with Crippen LogP contribution in [0.15, 0.2) is 23.3 Å². The highest BCUT2D eigenvalue weighted by Gasteiger charge is 2.24. The molecule has 0 bridgehead atoms. The lowest BCUT2D eigenvalue weighted by atomic mass is 9.98. The van der Waals surface area contributed by atoms with Gasteiger partial charge in [0.2, 0.25) is 11.1 Å². The first-order valence-electron chi connectivity index (χ1n) is 8.76. The van der Waals surface area contributed by atoms with E-state index in [0.29, 0.717) is 34.2 Å². The summed E-state index contributed by atoms with van der Waals surface area (Å²) in [6, 6.07) is 2.21. The molecule has 0 aromatic carbocycles. The second kappa shape index (κ2) is 8.37. The largest absolute Gasteiger partial charge is 0.442 e. The summed E-state index contributed by atoms with van der Waals surface area (Å²) in [5.74, 6) is 0.606. The molecular formula is C18H23Cl2N5O2. The molecule has 146 valence electrons. The van der Waals surface area contributed by atoms with Crippen LogP contribution in [0.25, 0.3) is 17.0 Å². The number of aromatic nitrogens is 2. The monoisotopic (exact) mass is 411 g/mol. The van der Waals surface area contributed by atoms with Crippen LogP contribution >= 0.6 is 23.2 Å². The van der Waals surface area contributed by atoms with E-state index in [1.807, 2.05) is 6.07 Å². The van der Waals surface area contributed by atoms with E-state index in [1.54, 1.807) is 25.0 Å². The Kier molecular flexibility index (Phi) is 6.14. The highest BCUT2D eigenvalue weighted by Crippen LogP contribution is 2.36. The highest BCUT2D eigenvalue weighted by molar-refractivity contribution is 6.35. The van der Waals surface area contributed by atoms with Crippen LogP contribution < -0.4 is 16.0 Å². The molecular weight excluding hydrogens is 389 g/mol. The summed E-state index contributed by atoms with van der Waals surface area (Å²) in [5.41, 5.74) is 2.02. The summed E-state index contributed by atoms with van der Waals surface area (Å²) in [7, 11) is 3.45. The Bertz CT molecular complexity index is 817. The van der Waals surface area contributed by atoms with E-state index < -0.39 is 0 Å². The summed E-state index contributed by atoms with van der Waals surface area (Å²) in [6.07, 6.45) is 3.90. The van der Waals surface area contributed by atoms with Crippen molar-refractivity contribution in [1.82, 2.24) is 25.7 Å². The van der Waals surface area contributed by atoms with Crippen LogP contribution in [0.4, 0.5) is 0 Å². The number of aryl methyl sites for hydroxylation is 1. The van der Waals surface area contributed by atoms with Gasteiger partial charge in [0, 0.05) is 39.1 Å². The van der Waals surface area contributed by atoms with E-state index in [9.17, 15) is 4.79 Å². The lowest BCUT2D eigenvalue weighted by Crippen LogP contribution is -2.48. The molecule has 3 heterocycles. The van der Waals surface area contributed by atoms with Crippen molar-refractivity contribution in [3.63, 3.8) is 0 Å². The van der Waals surface area contributed by atoms with Gasteiger partial charge in [-0.15, -0.1) is 0 Å². The first kappa shape index (κ1) is 19.8. The van der Waals surface area contributed by atoms with E-state index >= 15 is 0 Å². The molecule has 2 unspecified atom stereocenters. The lowest BCUT2D eigenvalue weighted by Gasteiger charge is -2.30. The number of hydrogen-bond acceptors (Lipinski definition) is 5. The summed E-state index contributed by atoms with van der Waals surface area (Å²) in [4.78, 5) is 11.5. The Morgan fingerprint density at radius 3 is 2.85 bits per heavy atom.